The monoisotopic (exact) mass is 334 g/mol. The van der Waals surface area contributed by atoms with E-state index in [1.54, 1.807) is 0 Å². The van der Waals surface area contributed by atoms with Crippen LogP contribution >= 0.6 is 0 Å². The van der Waals surface area contributed by atoms with E-state index in [4.69, 9.17) is 0 Å². The number of rotatable bonds is 5. The molecule has 0 bridgehead atoms. The van der Waals surface area contributed by atoms with Crippen LogP contribution in [0, 0.1) is 6.92 Å². The lowest BCUT2D eigenvalue weighted by atomic mass is 10.0. The van der Waals surface area contributed by atoms with Gasteiger partial charge in [-0.3, -0.25) is 9.59 Å². The number of anilines is 1. The highest BCUT2D eigenvalue weighted by atomic mass is 16.1. The molecule has 3 aromatic rings. The van der Waals surface area contributed by atoms with Crippen LogP contribution in [0.4, 0.5) is 5.69 Å². The van der Waals surface area contributed by atoms with E-state index in [-0.39, 0.29) is 17.9 Å². The third kappa shape index (κ3) is 3.79. The summed E-state index contributed by atoms with van der Waals surface area (Å²) in [7, 11) is 0. The number of nitrogens with one attached hydrogen (secondary N) is 2. The number of aryl methyl sites for hydroxylation is 3. The minimum absolute atomic E-state index is 0.0726. The molecular formula is C21H22N2O2. The SMILES string of the molecule is CCc1cccc(C)c1NC(=O)CCc1cc2ccccc2[nH]c1=O. The van der Waals surface area contributed by atoms with Crippen LogP contribution in [0.1, 0.15) is 30.0 Å². The highest BCUT2D eigenvalue weighted by Crippen LogP contribution is 2.21. The summed E-state index contributed by atoms with van der Waals surface area (Å²) >= 11 is 0. The van der Waals surface area contributed by atoms with Crippen LogP contribution in [0.15, 0.2) is 53.3 Å². The lowest BCUT2D eigenvalue weighted by Crippen LogP contribution is -2.18. The Balaban J connectivity index is 1.73. The van der Waals surface area contributed by atoms with Gasteiger partial charge in [-0.1, -0.05) is 43.3 Å². The third-order valence-corrected chi connectivity index (χ3v) is 4.46. The zero-order valence-corrected chi connectivity index (χ0v) is 14.6. The molecular weight excluding hydrogens is 312 g/mol. The molecule has 4 nitrogen and oxygen atoms in total. The van der Waals surface area contributed by atoms with Crippen molar-refractivity contribution >= 4 is 22.5 Å². The number of hydrogen-bond donors (Lipinski definition) is 2. The number of carbonyl (C=O) groups excluding carboxylic acids is 1. The first-order valence-corrected chi connectivity index (χ1v) is 8.57. The van der Waals surface area contributed by atoms with Crippen LogP contribution in [-0.4, -0.2) is 10.9 Å². The number of aromatic nitrogens is 1. The molecule has 0 spiro atoms. The molecule has 3 rings (SSSR count). The maximum absolute atomic E-state index is 12.4. The van der Waals surface area contributed by atoms with E-state index in [0.717, 1.165) is 34.1 Å². The lowest BCUT2D eigenvalue weighted by molar-refractivity contribution is -0.116. The molecule has 4 heteroatoms. The van der Waals surface area contributed by atoms with Gasteiger partial charge in [-0.05, 0) is 48.4 Å². The Morgan fingerprint density at radius 3 is 2.68 bits per heavy atom. The number of benzene rings is 2. The van der Waals surface area contributed by atoms with Gasteiger partial charge in [0.2, 0.25) is 5.91 Å². The van der Waals surface area contributed by atoms with Crippen molar-refractivity contribution in [2.75, 3.05) is 5.32 Å². The molecule has 0 aliphatic carbocycles. The van der Waals surface area contributed by atoms with Crippen LogP contribution in [0.5, 0.6) is 0 Å². The van der Waals surface area contributed by atoms with Crippen molar-refractivity contribution < 1.29 is 4.79 Å². The van der Waals surface area contributed by atoms with E-state index in [1.165, 1.54) is 0 Å². The molecule has 0 aliphatic rings. The fraction of sp³-hybridized carbons (Fsp3) is 0.238. The van der Waals surface area contributed by atoms with Gasteiger partial charge in [-0.25, -0.2) is 0 Å². The number of carbonyl (C=O) groups is 1. The molecule has 2 aromatic carbocycles. The number of amides is 1. The predicted octanol–water partition coefficient (Wildman–Crippen LogP) is 3.97. The van der Waals surface area contributed by atoms with E-state index < -0.39 is 0 Å². The van der Waals surface area contributed by atoms with Gasteiger partial charge in [-0.2, -0.15) is 0 Å². The normalized spacial score (nSPS) is 10.8. The maximum Gasteiger partial charge on any atom is 0.251 e. The number of fused-ring (bicyclic) bond motifs is 1. The molecule has 25 heavy (non-hydrogen) atoms. The second-order valence-electron chi connectivity index (χ2n) is 6.22. The average Bonchev–Trinajstić information content (AvgIpc) is 2.61. The first kappa shape index (κ1) is 17.0. The van der Waals surface area contributed by atoms with Crippen molar-refractivity contribution in [3.8, 4) is 0 Å². The average molecular weight is 334 g/mol. The van der Waals surface area contributed by atoms with E-state index in [2.05, 4.69) is 17.2 Å². The second kappa shape index (κ2) is 7.34. The molecule has 1 aromatic heterocycles. The summed E-state index contributed by atoms with van der Waals surface area (Å²) in [6.45, 7) is 4.06. The highest BCUT2D eigenvalue weighted by molar-refractivity contribution is 5.92. The molecule has 0 atom stereocenters. The van der Waals surface area contributed by atoms with Gasteiger partial charge < -0.3 is 10.3 Å². The lowest BCUT2D eigenvalue weighted by Gasteiger charge is -2.13. The van der Waals surface area contributed by atoms with Crippen molar-refractivity contribution in [3.05, 3.63) is 75.6 Å². The molecule has 128 valence electrons. The molecule has 0 fully saturated rings. The third-order valence-electron chi connectivity index (χ3n) is 4.46. The summed E-state index contributed by atoms with van der Waals surface area (Å²) < 4.78 is 0. The van der Waals surface area contributed by atoms with Gasteiger partial charge in [0.25, 0.3) is 5.56 Å². The Kier molecular flexibility index (Phi) is 4.98. The largest absolute Gasteiger partial charge is 0.326 e. The number of H-pyrrole nitrogens is 1. The van der Waals surface area contributed by atoms with Crippen LogP contribution in [-0.2, 0) is 17.6 Å². The summed E-state index contributed by atoms with van der Waals surface area (Å²) in [6.07, 6.45) is 1.56. The Morgan fingerprint density at radius 2 is 1.88 bits per heavy atom. The summed E-state index contributed by atoms with van der Waals surface area (Å²) in [5.74, 6) is -0.0726. The summed E-state index contributed by atoms with van der Waals surface area (Å²) in [5.41, 5.74) is 4.38. The maximum atomic E-state index is 12.4. The van der Waals surface area contributed by atoms with Crippen molar-refractivity contribution in [2.24, 2.45) is 0 Å². The molecule has 0 saturated carbocycles. The van der Waals surface area contributed by atoms with Crippen LogP contribution in [0.3, 0.4) is 0 Å². The van der Waals surface area contributed by atoms with E-state index >= 15 is 0 Å². The Morgan fingerprint density at radius 1 is 1.08 bits per heavy atom. The Hall–Kier alpha value is -2.88. The quantitative estimate of drug-likeness (QED) is 0.741. The molecule has 2 N–H and O–H groups in total. The van der Waals surface area contributed by atoms with Crippen molar-refractivity contribution in [1.29, 1.82) is 0 Å². The molecule has 0 unspecified atom stereocenters. The summed E-state index contributed by atoms with van der Waals surface area (Å²) in [6, 6.07) is 15.5. The van der Waals surface area contributed by atoms with E-state index in [0.29, 0.717) is 12.0 Å². The number of hydrogen-bond acceptors (Lipinski definition) is 2. The molecule has 1 heterocycles. The number of aromatic amines is 1. The van der Waals surface area contributed by atoms with Crippen molar-refractivity contribution in [1.82, 2.24) is 4.98 Å². The molecule has 0 radical (unpaired) electrons. The summed E-state index contributed by atoms with van der Waals surface area (Å²) in [4.78, 5) is 27.4. The molecule has 1 amide bonds. The zero-order chi connectivity index (χ0) is 17.8. The number of para-hydroxylation sites is 2. The standard InChI is InChI=1S/C21H22N2O2/c1-3-15-9-6-7-14(2)20(15)23-19(24)12-11-17-13-16-8-4-5-10-18(16)22-21(17)25/h4-10,13H,3,11-12H2,1-2H3,(H,22,25)(H,23,24). The molecule has 0 saturated heterocycles. The first-order valence-electron chi connectivity index (χ1n) is 8.57. The topological polar surface area (TPSA) is 62.0 Å². The van der Waals surface area contributed by atoms with Gasteiger partial charge in [0.05, 0.1) is 0 Å². The van der Waals surface area contributed by atoms with Gasteiger partial charge in [0.1, 0.15) is 0 Å². The first-order chi connectivity index (χ1) is 12.1. The smallest absolute Gasteiger partial charge is 0.251 e. The van der Waals surface area contributed by atoms with Crippen LogP contribution in [0.25, 0.3) is 10.9 Å². The Labute approximate surface area is 146 Å². The zero-order valence-electron chi connectivity index (χ0n) is 14.6. The predicted molar refractivity (Wildman–Crippen MR) is 102 cm³/mol. The fourth-order valence-electron chi connectivity index (χ4n) is 3.03. The van der Waals surface area contributed by atoms with Crippen molar-refractivity contribution in [2.45, 2.75) is 33.1 Å². The van der Waals surface area contributed by atoms with E-state index in [9.17, 15) is 9.59 Å². The number of pyridine rings is 1. The molecule has 0 aliphatic heterocycles. The van der Waals surface area contributed by atoms with E-state index in [1.807, 2.05) is 55.5 Å². The minimum Gasteiger partial charge on any atom is -0.326 e. The van der Waals surface area contributed by atoms with Gasteiger partial charge >= 0.3 is 0 Å². The fourth-order valence-corrected chi connectivity index (χ4v) is 3.03. The van der Waals surface area contributed by atoms with Crippen molar-refractivity contribution in [3.63, 3.8) is 0 Å². The minimum atomic E-state index is -0.128. The van der Waals surface area contributed by atoms with Crippen LogP contribution < -0.4 is 10.9 Å². The highest BCUT2D eigenvalue weighted by Gasteiger charge is 2.10. The second-order valence-corrected chi connectivity index (χ2v) is 6.22. The van der Waals surface area contributed by atoms with Crippen LogP contribution in [0.2, 0.25) is 0 Å². The van der Waals surface area contributed by atoms with Gasteiger partial charge in [-0.15, -0.1) is 0 Å². The van der Waals surface area contributed by atoms with Gasteiger partial charge in [0, 0.05) is 23.2 Å². The Bertz CT molecular complexity index is 973. The summed E-state index contributed by atoms with van der Waals surface area (Å²) in [5, 5.41) is 3.98. The van der Waals surface area contributed by atoms with Gasteiger partial charge in [0.15, 0.2) is 0 Å².